The molecule has 0 amide bonds. The average molecular weight is 292 g/mol. The Bertz CT molecular complexity index is 548. The van der Waals surface area contributed by atoms with E-state index in [1.807, 2.05) is 24.7 Å². The molecule has 0 unspecified atom stereocenters. The van der Waals surface area contributed by atoms with Crippen LogP contribution in [0.4, 0.5) is 11.5 Å². The van der Waals surface area contributed by atoms with Crippen LogP contribution in [0.15, 0.2) is 30.3 Å². The van der Waals surface area contributed by atoms with Gasteiger partial charge in [-0.2, -0.15) is 5.10 Å². The van der Waals surface area contributed by atoms with Gasteiger partial charge in [0.15, 0.2) is 0 Å². The highest BCUT2D eigenvalue weighted by molar-refractivity contribution is 6.17. The molecule has 0 aliphatic heterocycles. The van der Waals surface area contributed by atoms with Gasteiger partial charge < -0.3 is 4.90 Å². The third-order valence-electron chi connectivity index (χ3n) is 3.51. The van der Waals surface area contributed by atoms with Crippen molar-refractivity contribution in [2.24, 2.45) is 7.05 Å². The molecule has 0 aliphatic carbocycles. The van der Waals surface area contributed by atoms with Crippen LogP contribution >= 0.6 is 11.6 Å². The van der Waals surface area contributed by atoms with Gasteiger partial charge in [-0.15, -0.1) is 11.6 Å². The molecular formula is C16H22ClN3. The molecule has 0 N–H and O–H groups in total. The van der Waals surface area contributed by atoms with Gasteiger partial charge in [0.05, 0.1) is 11.6 Å². The van der Waals surface area contributed by atoms with E-state index in [2.05, 4.69) is 41.2 Å². The molecule has 20 heavy (non-hydrogen) atoms. The summed E-state index contributed by atoms with van der Waals surface area (Å²) in [4.78, 5) is 2.32. The predicted molar refractivity (Wildman–Crippen MR) is 85.9 cm³/mol. The first kappa shape index (κ1) is 14.9. The van der Waals surface area contributed by atoms with Crippen LogP contribution in [0, 0.1) is 6.92 Å². The molecular weight excluding hydrogens is 270 g/mol. The first-order chi connectivity index (χ1) is 9.69. The van der Waals surface area contributed by atoms with Crippen LogP contribution in [0.3, 0.4) is 0 Å². The Kier molecular flexibility index (Phi) is 5.07. The Morgan fingerprint density at radius 2 is 1.95 bits per heavy atom. The molecule has 0 atom stereocenters. The van der Waals surface area contributed by atoms with Gasteiger partial charge in [0.25, 0.3) is 0 Å². The van der Waals surface area contributed by atoms with Crippen molar-refractivity contribution in [3.05, 3.63) is 41.6 Å². The van der Waals surface area contributed by atoms with Gasteiger partial charge in [-0.1, -0.05) is 31.5 Å². The number of anilines is 2. The van der Waals surface area contributed by atoms with Gasteiger partial charge in [0.1, 0.15) is 5.82 Å². The van der Waals surface area contributed by atoms with Gasteiger partial charge in [-0.25, -0.2) is 0 Å². The molecule has 0 saturated heterocycles. The minimum absolute atomic E-state index is 0.491. The maximum Gasteiger partial charge on any atom is 0.135 e. The van der Waals surface area contributed by atoms with Crippen LogP contribution in [0.5, 0.6) is 0 Å². The van der Waals surface area contributed by atoms with E-state index >= 15 is 0 Å². The molecule has 0 bridgehead atoms. The van der Waals surface area contributed by atoms with E-state index in [9.17, 15) is 0 Å². The summed E-state index contributed by atoms with van der Waals surface area (Å²) < 4.78 is 1.94. The minimum atomic E-state index is 0.491. The fourth-order valence-corrected chi connectivity index (χ4v) is 2.78. The Hall–Kier alpha value is -1.48. The molecule has 0 saturated carbocycles. The zero-order valence-electron chi connectivity index (χ0n) is 12.4. The number of aryl methyl sites for hydroxylation is 2. The van der Waals surface area contributed by atoms with Gasteiger partial charge in [0.2, 0.25) is 0 Å². The maximum absolute atomic E-state index is 6.14. The lowest BCUT2D eigenvalue weighted by atomic mass is 10.2. The maximum atomic E-state index is 6.14. The van der Waals surface area contributed by atoms with Crippen molar-refractivity contribution in [3.63, 3.8) is 0 Å². The zero-order chi connectivity index (χ0) is 14.5. The molecule has 3 nitrogen and oxygen atoms in total. The molecule has 0 spiro atoms. The number of benzene rings is 1. The fraction of sp³-hybridized carbons (Fsp3) is 0.438. The van der Waals surface area contributed by atoms with Crippen molar-refractivity contribution in [1.29, 1.82) is 0 Å². The highest BCUT2D eigenvalue weighted by Gasteiger charge is 2.19. The first-order valence-electron chi connectivity index (χ1n) is 7.10. The molecule has 0 fully saturated rings. The Morgan fingerprint density at radius 1 is 1.25 bits per heavy atom. The Labute approximate surface area is 126 Å². The van der Waals surface area contributed by atoms with Crippen molar-refractivity contribution >= 4 is 23.1 Å². The number of para-hydroxylation sites is 1. The lowest BCUT2D eigenvalue weighted by molar-refractivity contribution is 0.715. The Morgan fingerprint density at radius 3 is 2.55 bits per heavy atom. The largest absolute Gasteiger partial charge is 0.326 e. The van der Waals surface area contributed by atoms with Crippen LogP contribution in [0.25, 0.3) is 0 Å². The number of unbranched alkanes of at least 4 members (excludes halogenated alkanes) is 1. The van der Waals surface area contributed by atoms with Crippen LogP contribution in [-0.2, 0) is 12.9 Å². The number of rotatable bonds is 6. The number of alkyl halides is 1. The second-order valence-corrected chi connectivity index (χ2v) is 5.25. The summed E-state index contributed by atoms with van der Waals surface area (Å²) in [6.07, 6.45) is 2.30. The zero-order valence-corrected chi connectivity index (χ0v) is 13.2. The van der Waals surface area contributed by atoms with Crippen LogP contribution in [0.2, 0.25) is 0 Å². The first-order valence-corrected chi connectivity index (χ1v) is 7.63. The second-order valence-electron chi connectivity index (χ2n) is 4.99. The number of nitrogens with zero attached hydrogens (tertiary/aromatic N) is 3. The Balaban J connectivity index is 2.46. The molecule has 1 heterocycles. The van der Waals surface area contributed by atoms with E-state index in [0.717, 1.165) is 36.5 Å². The molecule has 0 radical (unpaired) electrons. The predicted octanol–water partition coefficient (Wildman–Crippen LogP) is 4.41. The fourth-order valence-electron chi connectivity index (χ4n) is 2.47. The summed E-state index contributed by atoms with van der Waals surface area (Å²) in [5.74, 6) is 1.60. The minimum Gasteiger partial charge on any atom is -0.326 e. The topological polar surface area (TPSA) is 21.1 Å². The van der Waals surface area contributed by atoms with Gasteiger partial charge >= 0.3 is 0 Å². The van der Waals surface area contributed by atoms with E-state index in [-0.39, 0.29) is 0 Å². The van der Waals surface area contributed by atoms with Gasteiger partial charge in [0, 0.05) is 24.8 Å². The average Bonchev–Trinajstić information content (AvgIpc) is 2.75. The van der Waals surface area contributed by atoms with Crippen LogP contribution in [-0.4, -0.2) is 16.3 Å². The lowest BCUT2D eigenvalue weighted by Gasteiger charge is -2.26. The lowest BCUT2D eigenvalue weighted by Crippen LogP contribution is -2.22. The van der Waals surface area contributed by atoms with Crippen molar-refractivity contribution < 1.29 is 0 Å². The number of halogens is 1. The van der Waals surface area contributed by atoms with Crippen molar-refractivity contribution in [3.8, 4) is 0 Å². The summed E-state index contributed by atoms with van der Waals surface area (Å²) >= 11 is 6.14. The summed E-state index contributed by atoms with van der Waals surface area (Å²) in [6.45, 7) is 5.20. The van der Waals surface area contributed by atoms with Crippen LogP contribution < -0.4 is 4.90 Å². The summed E-state index contributed by atoms with van der Waals surface area (Å²) in [5, 5.41) is 4.53. The SMILES string of the molecule is CCCCN(c1ccccc1)c1c(CCl)c(C)nn1C. The number of hydrogen-bond donors (Lipinski definition) is 0. The van der Waals surface area contributed by atoms with E-state index in [1.165, 1.54) is 5.69 Å². The molecule has 0 aliphatic rings. The standard InChI is InChI=1S/C16H22ClN3/c1-4-5-11-20(14-9-7-6-8-10-14)16-15(12-17)13(2)18-19(16)3/h6-10H,4-5,11-12H2,1-3H3. The summed E-state index contributed by atoms with van der Waals surface area (Å²) in [7, 11) is 1.99. The third kappa shape index (κ3) is 2.98. The van der Waals surface area contributed by atoms with Crippen molar-refractivity contribution in [2.75, 3.05) is 11.4 Å². The van der Waals surface area contributed by atoms with E-state index in [0.29, 0.717) is 5.88 Å². The molecule has 1 aromatic heterocycles. The smallest absolute Gasteiger partial charge is 0.135 e. The number of hydrogen-bond acceptors (Lipinski definition) is 2. The molecule has 2 aromatic rings. The summed E-state index contributed by atoms with van der Waals surface area (Å²) in [5.41, 5.74) is 3.32. The molecule has 2 rings (SSSR count). The van der Waals surface area contributed by atoms with E-state index in [1.54, 1.807) is 0 Å². The highest BCUT2D eigenvalue weighted by Crippen LogP contribution is 2.31. The highest BCUT2D eigenvalue weighted by atomic mass is 35.5. The monoisotopic (exact) mass is 291 g/mol. The number of aromatic nitrogens is 2. The van der Waals surface area contributed by atoms with Crippen LogP contribution in [0.1, 0.15) is 31.0 Å². The van der Waals surface area contributed by atoms with Crippen molar-refractivity contribution in [1.82, 2.24) is 9.78 Å². The van der Waals surface area contributed by atoms with E-state index < -0.39 is 0 Å². The molecule has 108 valence electrons. The van der Waals surface area contributed by atoms with Gasteiger partial charge in [-0.05, 0) is 25.5 Å². The molecule has 4 heteroatoms. The van der Waals surface area contributed by atoms with E-state index in [4.69, 9.17) is 11.6 Å². The second kappa shape index (κ2) is 6.80. The quantitative estimate of drug-likeness (QED) is 0.735. The van der Waals surface area contributed by atoms with Gasteiger partial charge in [-0.3, -0.25) is 4.68 Å². The molecule has 1 aromatic carbocycles. The van der Waals surface area contributed by atoms with Crippen molar-refractivity contribution in [2.45, 2.75) is 32.6 Å². The third-order valence-corrected chi connectivity index (χ3v) is 3.77. The normalized spacial score (nSPS) is 10.8. The summed E-state index contributed by atoms with van der Waals surface area (Å²) in [6, 6.07) is 10.4.